The number of nitro benzene ring substituents is 1. The zero-order valence-corrected chi connectivity index (χ0v) is 14.9. The number of hydrogen-bond donors (Lipinski definition) is 1. The van der Waals surface area contributed by atoms with Crippen molar-refractivity contribution in [2.75, 3.05) is 5.32 Å². The molecular weight excluding hydrogens is 405 g/mol. The summed E-state index contributed by atoms with van der Waals surface area (Å²) in [6.45, 7) is 1.17. The van der Waals surface area contributed by atoms with Crippen molar-refractivity contribution in [3.63, 3.8) is 0 Å². The molecule has 11 heteroatoms. The number of amides is 1. The van der Waals surface area contributed by atoms with Gasteiger partial charge in [-0.3, -0.25) is 14.9 Å². The van der Waals surface area contributed by atoms with Crippen LogP contribution in [0.2, 0.25) is 5.02 Å². The number of halogens is 4. The van der Waals surface area contributed by atoms with Crippen molar-refractivity contribution in [1.29, 1.82) is 0 Å². The number of esters is 1. The summed E-state index contributed by atoms with van der Waals surface area (Å²) < 4.78 is 43.0. The monoisotopic (exact) mass is 416 g/mol. The Morgan fingerprint density at radius 1 is 1.21 bits per heavy atom. The van der Waals surface area contributed by atoms with Crippen LogP contribution in [0.1, 0.15) is 22.8 Å². The maximum atomic E-state index is 12.7. The number of nitrogens with one attached hydrogen (secondary N) is 1. The van der Waals surface area contributed by atoms with E-state index in [9.17, 15) is 32.9 Å². The molecule has 0 spiro atoms. The normalized spacial score (nSPS) is 12.2. The third-order valence-corrected chi connectivity index (χ3v) is 3.72. The van der Waals surface area contributed by atoms with Crippen LogP contribution in [0.15, 0.2) is 42.5 Å². The van der Waals surface area contributed by atoms with Crippen molar-refractivity contribution < 1.29 is 32.4 Å². The van der Waals surface area contributed by atoms with Crippen LogP contribution in [0.4, 0.5) is 24.5 Å². The van der Waals surface area contributed by atoms with Crippen molar-refractivity contribution >= 4 is 34.9 Å². The molecule has 28 heavy (non-hydrogen) atoms. The Kier molecular flexibility index (Phi) is 6.24. The van der Waals surface area contributed by atoms with Gasteiger partial charge in [-0.15, -0.1) is 0 Å². The van der Waals surface area contributed by atoms with E-state index in [2.05, 4.69) is 5.32 Å². The summed E-state index contributed by atoms with van der Waals surface area (Å²) in [5.41, 5.74) is -2.15. The lowest BCUT2D eigenvalue weighted by molar-refractivity contribution is -0.385. The molecule has 148 valence electrons. The number of carbonyl (C=O) groups excluding carboxylic acids is 2. The average Bonchev–Trinajstić information content (AvgIpc) is 2.60. The predicted molar refractivity (Wildman–Crippen MR) is 93.1 cm³/mol. The lowest BCUT2D eigenvalue weighted by atomic mass is 10.2. The summed E-state index contributed by atoms with van der Waals surface area (Å²) in [6, 6.07) is 7.14. The van der Waals surface area contributed by atoms with Gasteiger partial charge in [-0.1, -0.05) is 17.7 Å². The Labute approximate surface area is 161 Å². The Balaban J connectivity index is 2.11. The first-order chi connectivity index (χ1) is 13.0. The molecule has 0 saturated carbocycles. The molecule has 1 N–H and O–H groups in total. The first kappa shape index (κ1) is 21.2. The average molecular weight is 417 g/mol. The highest BCUT2D eigenvalue weighted by molar-refractivity contribution is 6.31. The topological polar surface area (TPSA) is 98.5 Å². The molecule has 0 aliphatic carbocycles. The number of hydrogen-bond acceptors (Lipinski definition) is 5. The molecule has 0 bridgehead atoms. The molecular formula is C17H12ClF3N2O5. The van der Waals surface area contributed by atoms with Gasteiger partial charge in [0, 0.05) is 16.8 Å². The van der Waals surface area contributed by atoms with Crippen LogP contribution in [0.5, 0.6) is 0 Å². The van der Waals surface area contributed by atoms with Crippen molar-refractivity contribution in [2.45, 2.75) is 19.2 Å². The van der Waals surface area contributed by atoms with E-state index in [1.54, 1.807) is 0 Å². The first-order valence-electron chi connectivity index (χ1n) is 7.62. The highest BCUT2D eigenvalue weighted by atomic mass is 35.5. The van der Waals surface area contributed by atoms with Gasteiger partial charge < -0.3 is 10.1 Å². The number of ether oxygens (including phenoxy) is 1. The molecule has 0 heterocycles. The second kappa shape index (κ2) is 8.26. The molecule has 0 aliphatic rings. The van der Waals surface area contributed by atoms with Crippen LogP contribution in [-0.4, -0.2) is 22.9 Å². The van der Waals surface area contributed by atoms with Crippen LogP contribution >= 0.6 is 11.6 Å². The minimum Gasteiger partial charge on any atom is -0.449 e. The molecule has 0 radical (unpaired) electrons. The van der Waals surface area contributed by atoms with Crippen LogP contribution < -0.4 is 5.32 Å². The molecule has 2 aromatic rings. The zero-order valence-electron chi connectivity index (χ0n) is 14.1. The van der Waals surface area contributed by atoms with Gasteiger partial charge in [0.2, 0.25) is 0 Å². The number of benzene rings is 2. The Hall–Kier alpha value is -3.14. The number of alkyl halides is 3. The molecule has 0 saturated heterocycles. The molecule has 1 atom stereocenters. The van der Waals surface area contributed by atoms with Crippen LogP contribution in [0.3, 0.4) is 0 Å². The molecule has 0 fully saturated rings. The molecule has 1 unspecified atom stereocenters. The van der Waals surface area contributed by atoms with E-state index in [0.29, 0.717) is 0 Å². The highest BCUT2D eigenvalue weighted by Gasteiger charge is 2.31. The van der Waals surface area contributed by atoms with E-state index >= 15 is 0 Å². The number of carbonyl (C=O) groups is 2. The molecule has 2 rings (SSSR count). The third-order valence-electron chi connectivity index (χ3n) is 3.49. The van der Waals surface area contributed by atoms with E-state index in [-0.39, 0.29) is 10.7 Å². The molecule has 0 aromatic heterocycles. The number of nitro groups is 1. The van der Waals surface area contributed by atoms with E-state index in [1.807, 2.05) is 0 Å². The molecule has 1 amide bonds. The van der Waals surface area contributed by atoms with E-state index in [4.69, 9.17) is 16.3 Å². The van der Waals surface area contributed by atoms with Crippen LogP contribution in [0.25, 0.3) is 0 Å². The maximum Gasteiger partial charge on any atom is 0.416 e. The van der Waals surface area contributed by atoms with Gasteiger partial charge >= 0.3 is 12.1 Å². The van der Waals surface area contributed by atoms with Gasteiger partial charge in [0.25, 0.3) is 11.6 Å². The summed E-state index contributed by atoms with van der Waals surface area (Å²) in [4.78, 5) is 34.4. The molecule has 0 aliphatic heterocycles. The largest absolute Gasteiger partial charge is 0.449 e. The first-order valence-corrected chi connectivity index (χ1v) is 8.00. The quantitative estimate of drug-likeness (QED) is 0.441. The molecule has 7 nitrogen and oxygen atoms in total. The number of nitrogens with zero attached hydrogens (tertiary/aromatic N) is 1. The number of anilines is 1. The van der Waals surface area contributed by atoms with E-state index in [1.165, 1.54) is 19.1 Å². The van der Waals surface area contributed by atoms with Gasteiger partial charge in [0.05, 0.1) is 10.5 Å². The standard InChI is InChI=1S/C17H12ClF3N2O5/c1-9(15(24)22-12-4-2-3-10(7-12)17(19,20)21)28-16(25)13-6-5-11(18)8-14(13)23(26)27/h2-9H,1H3,(H,22,24). The second-order valence-corrected chi connectivity index (χ2v) is 5.97. The second-order valence-electron chi connectivity index (χ2n) is 5.53. The van der Waals surface area contributed by atoms with Gasteiger partial charge in [-0.05, 0) is 37.3 Å². The summed E-state index contributed by atoms with van der Waals surface area (Å²) in [6.07, 6.45) is -6.02. The minimum absolute atomic E-state index is 0.0265. The van der Waals surface area contributed by atoms with Crippen molar-refractivity contribution in [3.05, 3.63) is 68.7 Å². The lowest BCUT2D eigenvalue weighted by Crippen LogP contribution is -2.30. The van der Waals surface area contributed by atoms with Gasteiger partial charge in [0.15, 0.2) is 6.10 Å². The highest BCUT2D eigenvalue weighted by Crippen LogP contribution is 2.30. The summed E-state index contributed by atoms with van der Waals surface area (Å²) in [5.74, 6) is -2.07. The minimum atomic E-state index is -4.59. The fraction of sp³-hybridized carbons (Fsp3) is 0.176. The van der Waals surface area contributed by atoms with Gasteiger partial charge in [-0.25, -0.2) is 4.79 Å². The number of rotatable bonds is 5. The SMILES string of the molecule is CC(OC(=O)c1ccc(Cl)cc1[N+](=O)[O-])C(=O)Nc1cccc(C(F)(F)F)c1. The van der Waals surface area contributed by atoms with Crippen molar-refractivity contribution in [2.24, 2.45) is 0 Å². The van der Waals surface area contributed by atoms with Crippen molar-refractivity contribution in [1.82, 2.24) is 0 Å². The fourth-order valence-corrected chi connectivity index (χ4v) is 2.29. The fourth-order valence-electron chi connectivity index (χ4n) is 2.12. The van der Waals surface area contributed by atoms with Crippen molar-refractivity contribution in [3.8, 4) is 0 Å². The van der Waals surface area contributed by atoms with E-state index < -0.39 is 45.9 Å². The summed E-state index contributed by atoms with van der Waals surface area (Å²) >= 11 is 5.66. The van der Waals surface area contributed by atoms with Gasteiger partial charge in [-0.2, -0.15) is 13.2 Å². The van der Waals surface area contributed by atoms with E-state index in [0.717, 1.165) is 30.3 Å². The smallest absolute Gasteiger partial charge is 0.416 e. The van der Waals surface area contributed by atoms with Crippen LogP contribution in [0, 0.1) is 10.1 Å². The van der Waals surface area contributed by atoms with Gasteiger partial charge in [0.1, 0.15) is 5.56 Å². The Bertz CT molecular complexity index is 933. The van der Waals surface area contributed by atoms with Crippen LogP contribution in [-0.2, 0) is 15.7 Å². The zero-order chi connectivity index (χ0) is 21.1. The Morgan fingerprint density at radius 2 is 1.89 bits per heavy atom. The predicted octanol–water partition coefficient (Wildman–Crippen LogP) is 4.45. The lowest BCUT2D eigenvalue weighted by Gasteiger charge is -2.14. The third kappa shape index (κ3) is 5.19. The Morgan fingerprint density at radius 3 is 2.50 bits per heavy atom. The maximum absolute atomic E-state index is 12.7. The molecule has 2 aromatic carbocycles. The summed E-state index contributed by atoms with van der Waals surface area (Å²) in [5, 5.41) is 13.2. The summed E-state index contributed by atoms with van der Waals surface area (Å²) in [7, 11) is 0.